The second-order valence-corrected chi connectivity index (χ2v) is 5.73. The molecule has 1 aliphatic carbocycles. The van der Waals surface area contributed by atoms with Gasteiger partial charge in [-0.15, -0.1) is 0 Å². The third-order valence-corrected chi connectivity index (χ3v) is 4.28. The van der Waals surface area contributed by atoms with Gasteiger partial charge in [-0.2, -0.15) is 0 Å². The van der Waals surface area contributed by atoms with Crippen molar-refractivity contribution in [2.45, 2.75) is 64.6 Å². The molecule has 1 atom stereocenters. The summed E-state index contributed by atoms with van der Waals surface area (Å²) in [7, 11) is 0. The Labute approximate surface area is 117 Å². The molecule has 0 amide bonds. The van der Waals surface area contributed by atoms with E-state index in [0.29, 0.717) is 6.04 Å². The summed E-state index contributed by atoms with van der Waals surface area (Å²) in [5, 5.41) is 3.74. The molecule has 1 heterocycles. The Hall–Kier alpha value is -0.800. The maximum Gasteiger partial charge on any atom is 0.117 e. The number of hydrogen-bond acceptors (Lipinski definition) is 3. The maximum atomic E-state index is 5.45. The Morgan fingerprint density at radius 1 is 1.37 bits per heavy atom. The molecule has 0 spiro atoms. The molecule has 1 N–H and O–H groups in total. The highest BCUT2D eigenvalue weighted by atomic mass is 16.3. The molecule has 2 rings (SSSR count). The van der Waals surface area contributed by atoms with E-state index >= 15 is 0 Å². The lowest BCUT2D eigenvalue weighted by molar-refractivity contribution is 0.184. The molecule has 0 radical (unpaired) electrons. The van der Waals surface area contributed by atoms with Crippen LogP contribution in [0.2, 0.25) is 0 Å². The number of hydrogen-bond donors (Lipinski definition) is 1. The summed E-state index contributed by atoms with van der Waals surface area (Å²) in [4.78, 5) is 2.47. The van der Waals surface area contributed by atoms with Crippen LogP contribution in [-0.4, -0.2) is 30.1 Å². The van der Waals surface area contributed by atoms with Crippen LogP contribution in [0, 0.1) is 0 Å². The van der Waals surface area contributed by atoms with Crippen molar-refractivity contribution in [2.75, 3.05) is 13.1 Å². The van der Waals surface area contributed by atoms with E-state index < -0.39 is 0 Å². The molecule has 0 bridgehead atoms. The Bertz CT molecular complexity index is 331. The average Bonchev–Trinajstić information content (AvgIpc) is 2.96. The molecule has 3 heteroatoms. The first-order valence-electron chi connectivity index (χ1n) is 7.79. The number of likely N-dealkylation sites (N-methyl/N-ethyl adjacent to an activating group) is 1. The van der Waals surface area contributed by atoms with E-state index in [2.05, 4.69) is 30.1 Å². The molecule has 108 valence electrons. The zero-order chi connectivity index (χ0) is 13.5. The first-order valence-corrected chi connectivity index (χ1v) is 7.79. The maximum absolute atomic E-state index is 5.45. The van der Waals surface area contributed by atoms with Gasteiger partial charge >= 0.3 is 0 Å². The summed E-state index contributed by atoms with van der Waals surface area (Å²) < 4.78 is 5.45. The van der Waals surface area contributed by atoms with Gasteiger partial charge in [-0.05, 0) is 38.4 Å². The molecule has 0 saturated heterocycles. The second kappa shape index (κ2) is 7.71. The lowest BCUT2D eigenvalue weighted by Gasteiger charge is -2.30. The largest absolute Gasteiger partial charge is 0.468 e. The van der Waals surface area contributed by atoms with Gasteiger partial charge < -0.3 is 9.73 Å². The summed E-state index contributed by atoms with van der Waals surface area (Å²) in [5.74, 6) is 1.06. The minimum Gasteiger partial charge on any atom is -0.468 e. The summed E-state index contributed by atoms with van der Waals surface area (Å²) in [5.41, 5.74) is 0. The van der Waals surface area contributed by atoms with E-state index in [0.717, 1.165) is 31.4 Å². The van der Waals surface area contributed by atoms with Gasteiger partial charge in [0, 0.05) is 18.6 Å². The Morgan fingerprint density at radius 2 is 2.16 bits per heavy atom. The van der Waals surface area contributed by atoms with Gasteiger partial charge in [0.2, 0.25) is 0 Å². The molecular formula is C16H28N2O. The van der Waals surface area contributed by atoms with Crippen LogP contribution in [0.4, 0.5) is 0 Å². The van der Waals surface area contributed by atoms with Gasteiger partial charge in [0.05, 0.1) is 12.8 Å². The Morgan fingerprint density at radius 3 is 2.79 bits per heavy atom. The third kappa shape index (κ3) is 4.66. The van der Waals surface area contributed by atoms with Gasteiger partial charge in [-0.3, -0.25) is 4.90 Å². The van der Waals surface area contributed by atoms with Crippen molar-refractivity contribution in [3.63, 3.8) is 0 Å². The molecule has 0 aliphatic heterocycles. The van der Waals surface area contributed by atoms with E-state index in [1.807, 2.05) is 6.07 Å². The monoisotopic (exact) mass is 264 g/mol. The minimum absolute atomic E-state index is 0.553. The molecule has 1 aromatic heterocycles. The Balaban J connectivity index is 1.74. The van der Waals surface area contributed by atoms with E-state index in [1.165, 1.54) is 32.1 Å². The van der Waals surface area contributed by atoms with Crippen LogP contribution in [0.25, 0.3) is 0 Å². The van der Waals surface area contributed by atoms with Gasteiger partial charge in [0.15, 0.2) is 0 Å². The van der Waals surface area contributed by atoms with Crippen molar-refractivity contribution in [1.82, 2.24) is 10.2 Å². The van der Waals surface area contributed by atoms with Crippen molar-refractivity contribution in [3.05, 3.63) is 24.2 Å². The SMILES string of the molecule is CCN(Cc1ccco1)C(C)CNC1CCCCC1. The molecule has 1 unspecified atom stereocenters. The van der Waals surface area contributed by atoms with Crippen molar-refractivity contribution < 1.29 is 4.42 Å². The summed E-state index contributed by atoms with van der Waals surface area (Å²) >= 11 is 0. The molecule has 0 aromatic carbocycles. The number of nitrogens with one attached hydrogen (secondary N) is 1. The van der Waals surface area contributed by atoms with Crippen LogP contribution < -0.4 is 5.32 Å². The summed E-state index contributed by atoms with van der Waals surface area (Å²) in [6, 6.07) is 5.33. The summed E-state index contributed by atoms with van der Waals surface area (Å²) in [6.07, 6.45) is 8.70. The molecule has 1 saturated carbocycles. The van der Waals surface area contributed by atoms with E-state index in [4.69, 9.17) is 4.42 Å². The molecule has 3 nitrogen and oxygen atoms in total. The van der Waals surface area contributed by atoms with Crippen molar-refractivity contribution in [2.24, 2.45) is 0 Å². The van der Waals surface area contributed by atoms with Gasteiger partial charge in [-0.1, -0.05) is 26.2 Å². The Kier molecular flexibility index (Phi) is 5.93. The minimum atomic E-state index is 0.553. The second-order valence-electron chi connectivity index (χ2n) is 5.73. The smallest absolute Gasteiger partial charge is 0.117 e. The number of rotatable bonds is 7. The highest BCUT2D eigenvalue weighted by Gasteiger charge is 2.17. The highest BCUT2D eigenvalue weighted by Crippen LogP contribution is 2.17. The van der Waals surface area contributed by atoms with Crippen LogP contribution in [0.5, 0.6) is 0 Å². The van der Waals surface area contributed by atoms with Crippen molar-refractivity contribution in [1.29, 1.82) is 0 Å². The molecule has 1 fully saturated rings. The van der Waals surface area contributed by atoms with Crippen LogP contribution in [-0.2, 0) is 6.54 Å². The van der Waals surface area contributed by atoms with E-state index in [1.54, 1.807) is 6.26 Å². The molecular weight excluding hydrogens is 236 g/mol. The van der Waals surface area contributed by atoms with Crippen LogP contribution in [0.3, 0.4) is 0 Å². The van der Waals surface area contributed by atoms with Crippen LogP contribution >= 0.6 is 0 Å². The molecule has 1 aliphatic rings. The predicted molar refractivity (Wildman–Crippen MR) is 79.1 cm³/mol. The number of furan rings is 1. The van der Waals surface area contributed by atoms with Gasteiger partial charge in [0.1, 0.15) is 5.76 Å². The first kappa shape index (κ1) is 14.6. The zero-order valence-corrected chi connectivity index (χ0v) is 12.4. The van der Waals surface area contributed by atoms with E-state index in [-0.39, 0.29) is 0 Å². The standard InChI is InChI=1S/C16H28N2O/c1-3-18(13-16-10-7-11-19-16)14(2)12-17-15-8-5-4-6-9-15/h7,10-11,14-15,17H,3-6,8-9,12-13H2,1-2H3. The topological polar surface area (TPSA) is 28.4 Å². The number of nitrogens with zero attached hydrogens (tertiary/aromatic N) is 1. The fourth-order valence-electron chi connectivity index (χ4n) is 2.96. The predicted octanol–water partition coefficient (Wildman–Crippen LogP) is 3.41. The van der Waals surface area contributed by atoms with Crippen LogP contribution in [0.1, 0.15) is 51.7 Å². The van der Waals surface area contributed by atoms with Gasteiger partial charge in [-0.25, -0.2) is 0 Å². The van der Waals surface area contributed by atoms with Crippen molar-refractivity contribution >= 4 is 0 Å². The van der Waals surface area contributed by atoms with Crippen LogP contribution in [0.15, 0.2) is 22.8 Å². The average molecular weight is 264 g/mol. The lowest BCUT2D eigenvalue weighted by Crippen LogP contribution is -2.43. The van der Waals surface area contributed by atoms with Gasteiger partial charge in [0.25, 0.3) is 0 Å². The fraction of sp³-hybridized carbons (Fsp3) is 0.750. The molecule has 19 heavy (non-hydrogen) atoms. The van der Waals surface area contributed by atoms with E-state index in [9.17, 15) is 0 Å². The summed E-state index contributed by atoms with van der Waals surface area (Å²) in [6.45, 7) is 7.59. The zero-order valence-electron chi connectivity index (χ0n) is 12.4. The molecule has 1 aromatic rings. The fourth-order valence-corrected chi connectivity index (χ4v) is 2.96. The highest BCUT2D eigenvalue weighted by molar-refractivity contribution is 4.98. The third-order valence-electron chi connectivity index (χ3n) is 4.28. The quantitative estimate of drug-likeness (QED) is 0.818. The first-order chi connectivity index (χ1) is 9.29. The normalized spacial score (nSPS) is 18.9. The lowest BCUT2D eigenvalue weighted by atomic mass is 9.95. The van der Waals surface area contributed by atoms with Crippen molar-refractivity contribution in [3.8, 4) is 0 Å².